The van der Waals surface area contributed by atoms with Gasteiger partial charge in [0.2, 0.25) is 0 Å². The highest BCUT2D eigenvalue weighted by Crippen LogP contribution is 2.35. The van der Waals surface area contributed by atoms with Crippen LogP contribution in [0.3, 0.4) is 0 Å². The number of rotatable bonds is 3. The van der Waals surface area contributed by atoms with E-state index in [1.807, 2.05) is 54.4 Å². The van der Waals surface area contributed by atoms with Gasteiger partial charge >= 0.3 is 0 Å². The fraction of sp³-hybridized carbons (Fsp3) is 0.222. The second-order valence-electron chi connectivity index (χ2n) is 5.37. The molecule has 1 nitrogen and oxygen atoms in total. The van der Waals surface area contributed by atoms with Gasteiger partial charge in [0.1, 0.15) is 5.83 Å². The summed E-state index contributed by atoms with van der Waals surface area (Å²) < 4.78 is 15.7. The number of nitrogens with zero attached hydrogens (tertiary/aromatic N) is 1. The molecular weight excluding hydrogens is 329 g/mol. The molecule has 2 aromatic carbocycles. The summed E-state index contributed by atoms with van der Waals surface area (Å²) in [6.07, 6.45) is 1.75. The molecule has 0 saturated heterocycles. The lowest BCUT2D eigenvalue weighted by atomic mass is 10.1. The highest BCUT2D eigenvalue weighted by atomic mass is 79.9. The van der Waals surface area contributed by atoms with Crippen molar-refractivity contribution in [3.05, 3.63) is 70.0 Å². The summed E-state index contributed by atoms with van der Waals surface area (Å²) in [5, 5.41) is 0. The first-order chi connectivity index (χ1) is 10.1. The maximum atomic E-state index is 14.6. The molecule has 0 unspecified atom stereocenters. The van der Waals surface area contributed by atoms with Gasteiger partial charge in [0.15, 0.2) is 0 Å². The molecule has 1 aliphatic rings. The minimum atomic E-state index is -0.0228. The van der Waals surface area contributed by atoms with Crippen molar-refractivity contribution < 1.29 is 4.39 Å². The lowest BCUT2D eigenvalue weighted by Crippen LogP contribution is -2.19. The molecule has 0 fully saturated rings. The third-order valence-corrected chi connectivity index (χ3v) is 4.49. The summed E-state index contributed by atoms with van der Waals surface area (Å²) in [5.41, 5.74) is 4.22. The largest absolute Gasteiger partial charge is 0.368 e. The molecule has 3 heteroatoms. The normalized spacial score (nSPS) is 15.8. The van der Waals surface area contributed by atoms with Gasteiger partial charge in [0.25, 0.3) is 0 Å². The lowest BCUT2D eigenvalue weighted by molar-refractivity contribution is 0.611. The minimum absolute atomic E-state index is 0.0228. The Labute approximate surface area is 133 Å². The molecule has 0 atom stereocenters. The van der Waals surface area contributed by atoms with Crippen LogP contribution in [0, 0.1) is 0 Å². The first-order valence-corrected chi connectivity index (χ1v) is 7.87. The Bertz CT molecular complexity index is 676. The Morgan fingerprint density at radius 3 is 2.57 bits per heavy atom. The van der Waals surface area contributed by atoms with Gasteiger partial charge < -0.3 is 4.90 Å². The van der Waals surface area contributed by atoms with Crippen LogP contribution in [0.25, 0.3) is 5.57 Å². The summed E-state index contributed by atoms with van der Waals surface area (Å²) in [6.45, 7) is 0.311. The van der Waals surface area contributed by atoms with Gasteiger partial charge in [-0.2, -0.15) is 0 Å². The molecule has 2 aromatic rings. The number of hydrogen-bond donors (Lipinski definition) is 0. The summed E-state index contributed by atoms with van der Waals surface area (Å²) >= 11 is 3.42. The van der Waals surface area contributed by atoms with Crippen molar-refractivity contribution in [2.45, 2.75) is 12.8 Å². The number of halogens is 2. The quantitative estimate of drug-likeness (QED) is 0.737. The molecule has 0 radical (unpaired) electrons. The fourth-order valence-corrected chi connectivity index (χ4v) is 3.06. The highest BCUT2D eigenvalue weighted by molar-refractivity contribution is 9.10. The van der Waals surface area contributed by atoms with E-state index in [4.69, 9.17) is 0 Å². The van der Waals surface area contributed by atoms with Crippen molar-refractivity contribution in [1.82, 2.24) is 0 Å². The molecule has 3 rings (SSSR count). The Hall–Kier alpha value is -1.61. The average molecular weight is 346 g/mol. The van der Waals surface area contributed by atoms with E-state index in [1.165, 1.54) is 5.56 Å². The fourth-order valence-electron chi connectivity index (χ4n) is 2.80. The summed E-state index contributed by atoms with van der Waals surface area (Å²) in [6, 6.07) is 16.0. The predicted octanol–water partition coefficient (Wildman–Crippen LogP) is 5.21. The number of anilines is 1. The molecule has 108 valence electrons. The second kappa shape index (κ2) is 6.02. The number of likely N-dealkylation sites (N-methyl/N-ethyl adjacent to an activating group) is 1. The molecule has 0 saturated carbocycles. The van der Waals surface area contributed by atoms with E-state index < -0.39 is 0 Å². The number of benzene rings is 2. The standard InChI is InChI=1S/C18H17BrFN/c1-21(15-9-7-14(19)8-10-15)12-18(20)17-11-6-13-4-2-3-5-16(13)17/h2-5,7-10H,6,11-12H2,1H3/b18-17+. The molecule has 1 aliphatic carbocycles. The Balaban J connectivity index is 1.82. The van der Waals surface area contributed by atoms with Crippen LogP contribution in [0.5, 0.6) is 0 Å². The van der Waals surface area contributed by atoms with E-state index in [0.29, 0.717) is 6.54 Å². The van der Waals surface area contributed by atoms with Crippen LogP contribution < -0.4 is 4.90 Å². The molecule has 0 bridgehead atoms. The molecule has 0 aliphatic heterocycles. The third-order valence-electron chi connectivity index (χ3n) is 3.96. The van der Waals surface area contributed by atoms with Crippen LogP contribution in [0.1, 0.15) is 17.5 Å². The molecule has 0 spiro atoms. The van der Waals surface area contributed by atoms with Gasteiger partial charge in [-0.3, -0.25) is 0 Å². The first kappa shape index (κ1) is 14.3. The van der Waals surface area contributed by atoms with Crippen molar-refractivity contribution in [3.63, 3.8) is 0 Å². The maximum Gasteiger partial charge on any atom is 0.123 e. The van der Waals surface area contributed by atoms with Gasteiger partial charge in [-0.05, 0) is 53.8 Å². The average Bonchev–Trinajstić information content (AvgIpc) is 2.92. The van der Waals surface area contributed by atoms with E-state index in [-0.39, 0.29) is 5.83 Å². The van der Waals surface area contributed by atoms with Gasteiger partial charge in [-0.15, -0.1) is 0 Å². The van der Waals surface area contributed by atoms with Crippen LogP contribution in [-0.2, 0) is 6.42 Å². The SMILES string of the molecule is CN(C/C(F)=C1/CCc2ccccc21)c1ccc(Br)cc1. The van der Waals surface area contributed by atoms with E-state index >= 15 is 0 Å². The highest BCUT2D eigenvalue weighted by Gasteiger charge is 2.20. The molecular formula is C18H17BrFN. The zero-order chi connectivity index (χ0) is 14.8. The number of aryl methyl sites for hydroxylation is 1. The molecule has 0 aromatic heterocycles. The smallest absolute Gasteiger partial charge is 0.123 e. The second-order valence-corrected chi connectivity index (χ2v) is 6.29. The van der Waals surface area contributed by atoms with E-state index in [1.54, 1.807) is 0 Å². The third kappa shape index (κ3) is 3.03. The first-order valence-electron chi connectivity index (χ1n) is 7.07. The molecule has 0 heterocycles. The Morgan fingerprint density at radius 2 is 1.81 bits per heavy atom. The van der Waals surface area contributed by atoms with Gasteiger partial charge in [-0.25, -0.2) is 4.39 Å². The Morgan fingerprint density at radius 1 is 1.10 bits per heavy atom. The molecule has 0 N–H and O–H groups in total. The van der Waals surface area contributed by atoms with Crippen LogP contribution in [0.4, 0.5) is 10.1 Å². The summed E-state index contributed by atoms with van der Waals surface area (Å²) in [4.78, 5) is 1.94. The van der Waals surface area contributed by atoms with Gasteiger partial charge in [-0.1, -0.05) is 40.2 Å². The number of fused-ring (bicyclic) bond motifs is 1. The summed E-state index contributed by atoms with van der Waals surface area (Å²) in [5.74, 6) is -0.0228. The number of hydrogen-bond acceptors (Lipinski definition) is 1. The van der Waals surface area contributed by atoms with Crippen molar-refractivity contribution in [1.29, 1.82) is 0 Å². The maximum absolute atomic E-state index is 14.6. The molecule has 21 heavy (non-hydrogen) atoms. The lowest BCUT2D eigenvalue weighted by Gasteiger charge is -2.19. The molecule has 0 amide bonds. The van der Waals surface area contributed by atoms with Crippen LogP contribution in [0.2, 0.25) is 0 Å². The van der Waals surface area contributed by atoms with Crippen molar-refractivity contribution >= 4 is 27.2 Å². The van der Waals surface area contributed by atoms with Gasteiger partial charge in [0.05, 0.1) is 6.54 Å². The van der Waals surface area contributed by atoms with E-state index in [0.717, 1.165) is 34.1 Å². The van der Waals surface area contributed by atoms with E-state index in [9.17, 15) is 4.39 Å². The zero-order valence-corrected chi connectivity index (χ0v) is 13.5. The minimum Gasteiger partial charge on any atom is -0.368 e. The van der Waals surface area contributed by atoms with Crippen molar-refractivity contribution in [2.24, 2.45) is 0 Å². The van der Waals surface area contributed by atoms with Crippen molar-refractivity contribution in [3.8, 4) is 0 Å². The summed E-state index contributed by atoms with van der Waals surface area (Å²) in [7, 11) is 1.92. The van der Waals surface area contributed by atoms with Crippen LogP contribution in [0.15, 0.2) is 58.8 Å². The Kier molecular flexibility index (Phi) is 4.11. The monoisotopic (exact) mass is 345 g/mol. The topological polar surface area (TPSA) is 3.24 Å². The van der Waals surface area contributed by atoms with Crippen LogP contribution in [-0.4, -0.2) is 13.6 Å². The van der Waals surface area contributed by atoms with Crippen LogP contribution >= 0.6 is 15.9 Å². The zero-order valence-electron chi connectivity index (χ0n) is 11.9. The number of allylic oxidation sites excluding steroid dienone is 1. The van der Waals surface area contributed by atoms with Crippen molar-refractivity contribution in [2.75, 3.05) is 18.5 Å². The van der Waals surface area contributed by atoms with Gasteiger partial charge in [0, 0.05) is 17.2 Å². The predicted molar refractivity (Wildman–Crippen MR) is 90.2 cm³/mol. The van der Waals surface area contributed by atoms with E-state index in [2.05, 4.69) is 22.0 Å².